The summed E-state index contributed by atoms with van der Waals surface area (Å²) in [6, 6.07) is 18.2. The van der Waals surface area contributed by atoms with Crippen LogP contribution < -0.4 is 10.1 Å². The molecule has 2 aliphatic heterocycles. The minimum absolute atomic E-state index is 0. The van der Waals surface area contributed by atoms with Crippen LogP contribution in [0.25, 0.3) is 11.1 Å². The Balaban J connectivity index is 0.00000225. The van der Waals surface area contributed by atoms with Crippen molar-refractivity contribution in [1.29, 1.82) is 0 Å². The van der Waals surface area contributed by atoms with Crippen LogP contribution >= 0.6 is 12.4 Å². The van der Waals surface area contributed by atoms with Crippen molar-refractivity contribution in [2.24, 2.45) is 5.41 Å². The van der Waals surface area contributed by atoms with Crippen molar-refractivity contribution in [2.75, 3.05) is 26.2 Å². The number of likely N-dealkylation sites (tertiary alicyclic amines) is 1. The molecule has 1 amide bonds. The third-order valence-corrected chi connectivity index (χ3v) is 6.09. The maximum Gasteiger partial charge on any atom is 0.263 e. The van der Waals surface area contributed by atoms with Gasteiger partial charge in [0.25, 0.3) is 5.91 Å². The number of carbonyl (C=O) groups excluding carboxylic acids is 1. The number of nitrogens with zero attached hydrogens (tertiary/aromatic N) is 1. The first-order chi connectivity index (χ1) is 13.2. The molecule has 1 N–H and O–H groups in total. The molecule has 1 atom stereocenters. The minimum atomic E-state index is -0.455. The molecule has 2 heterocycles. The topological polar surface area (TPSA) is 41.6 Å². The summed E-state index contributed by atoms with van der Waals surface area (Å²) in [4.78, 5) is 14.8. The molecule has 4 nitrogen and oxygen atoms in total. The SMILES string of the molecule is CC(Oc1ccc(-c2ccccc2)cc1)C(=O)N1CCC2(CCNC2)CC1.Cl. The monoisotopic (exact) mass is 400 g/mol. The van der Waals surface area contributed by atoms with Crippen molar-refractivity contribution < 1.29 is 9.53 Å². The van der Waals surface area contributed by atoms with E-state index in [1.165, 1.54) is 12.0 Å². The highest BCUT2D eigenvalue weighted by molar-refractivity contribution is 5.85. The minimum Gasteiger partial charge on any atom is -0.481 e. The smallest absolute Gasteiger partial charge is 0.263 e. The van der Waals surface area contributed by atoms with Gasteiger partial charge in [0, 0.05) is 19.6 Å². The third-order valence-electron chi connectivity index (χ3n) is 6.09. The molecular formula is C23H29ClN2O2. The molecule has 0 saturated carbocycles. The highest BCUT2D eigenvalue weighted by Gasteiger charge is 2.38. The average Bonchev–Trinajstić information content (AvgIpc) is 3.17. The van der Waals surface area contributed by atoms with E-state index >= 15 is 0 Å². The zero-order valence-electron chi connectivity index (χ0n) is 16.4. The second-order valence-corrected chi connectivity index (χ2v) is 7.90. The lowest BCUT2D eigenvalue weighted by atomic mass is 9.78. The number of carbonyl (C=O) groups is 1. The van der Waals surface area contributed by atoms with Gasteiger partial charge in [-0.2, -0.15) is 0 Å². The molecule has 1 unspecified atom stereocenters. The van der Waals surface area contributed by atoms with Crippen molar-refractivity contribution in [3.63, 3.8) is 0 Å². The molecule has 28 heavy (non-hydrogen) atoms. The summed E-state index contributed by atoms with van der Waals surface area (Å²) in [6.45, 7) is 5.78. The van der Waals surface area contributed by atoms with Gasteiger partial charge in [-0.3, -0.25) is 4.79 Å². The lowest BCUT2D eigenvalue weighted by Crippen LogP contribution is -2.48. The maximum atomic E-state index is 12.8. The second kappa shape index (κ2) is 8.97. The van der Waals surface area contributed by atoms with E-state index in [1.807, 2.05) is 54.3 Å². The summed E-state index contributed by atoms with van der Waals surface area (Å²) in [6.07, 6.45) is 2.99. The molecule has 1 spiro atoms. The van der Waals surface area contributed by atoms with Gasteiger partial charge in [0.1, 0.15) is 5.75 Å². The molecule has 0 aliphatic carbocycles. The van der Waals surface area contributed by atoms with E-state index in [4.69, 9.17) is 4.74 Å². The lowest BCUT2D eigenvalue weighted by molar-refractivity contribution is -0.140. The number of hydrogen-bond acceptors (Lipinski definition) is 3. The van der Waals surface area contributed by atoms with Crippen molar-refractivity contribution in [2.45, 2.75) is 32.3 Å². The summed E-state index contributed by atoms with van der Waals surface area (Å²) < 4.78 is 5.93. The molecule has 4 rings (SSSR count). The number of hydrogen-bond donors (Lipinski definition) is 1. The Morgan fingerprint density at radius 1 is 1.00 bits per heavy atom. The Hall–Kier alpha value is -2.04. The van der Waals surface area contributed by atoms with Crippen LogP contribution in [-0.2, 0) is 4.79 Å². The number of piperidine rings is 1. The molecule has 0 radical (unpaired) electrons. The van der Waals surface area contributed by atoms with Gasteiger partial charge in [0.15, 0.2) is 6.10 Å². The Kier molecular flexibility index (Phi) is 6.63. The Morgan fingerprint density at radius 3 is 2.25 bits per heavy atom. The first-order valence-corrected chi connectivity index (χ1v) is 9.97. The lowest BCUT2D eigenvalue weighted by Gasteiger charge is -2.39. The fourth-order valence-corrected chi connectivity index (χ4v) is 4.29. The Labute approximate surface area is 173 Å². The summed E-state index contributed by atoms with van der Waals surface area (Å²) in [5.41, 5.74) is 2.75. The summed E-state index contributed by atoms with van der Waals surface area (Å²) in [7, 11) is 0. The number of benzene rings is 2. The third kappa shape index (κ3) is 4.50. The molecular weight excluding hydrogens is 372 g/mol. The summed E-state index contributed by atoms with van der Waals surface area (Å²) in [5, 5.41) is 3.47. The van der Waals surface area contributed by atoms with E-state index in [9.17, 15) is 4.79 Å². The normalized spacial score (nSPS) is 19.1. The van der Waals surface area contributed by atoms with Gasteiger partial charge in [0.2, 0.25) is 0 Å². The van der Waals surface area contributed by atoms with Crippen molar-refractivity contribution in [1.82, 2.24) is 10.2 Å². The van der Waals surface area contributed by atoms with E-state index in [1.54, 1.807) is 0 Å². The van der Waals surface area contributed by atoms with Gasteiger partial charge in [-0.1, -0.05) is 42.5 Å². The second-order valence-electron chi connectivity index (χ2n) is 7.90. The van der Waals surface area contributed by atoms with Crippen molar-refractivity contribution >= 4 is 18.3 Å². The highest BCUT2D eigenvalue weighted by Crippen LogP contribution is 2.37. The molecule has 150 valence electrons. The number of halogens is 1. The van der Waals surface area contributed by atoms with Gasteiger partial charge in [-0.15, -0.1) is 12.4 Å². The number of ether oxygens (including phenoxy) is 1. The Bertz CT molecular complexity index is 763. The van der Waals surface area contributed by atoms with E-state index in [-0.39, 0.29) is 18.3 Å². The van der Waals surface area contributed by atoms with Gasteiger partial charge >= 0.3 is 0 Å². The zero-order chi connectivity index (χ0) is 18.7. The van der Waals surface area contributed by atoms with Crippen LogP contribution in [0.1, 0.15) is 26.2 Å². The van der Waals surface area contributed by atoms with E-state index in [2.05, 4.69) is 17.4 Å². The van der Waals surface area contributed by atoms with Crippen LogP contribution in [0, 0.1) is 5.41 Å². The predicted octanol–water partition coefficient (Wildman–Crippen LogP) is 4.14. The fourth-order valence-electron chi connectivity index (χ4n) is 4.29. The average molecular weight is 401 g/mol. The molecule has 0 aromatic heterocycles. The number of amides is 1. The van der Waals surface area contributed by atoms with Crippen LogP contribution in [-0.4, -0.2) is 43.1 Å². The Morgan fingerprint density at radius 2 is 1.64 bits per heavy atom. The summed E-state index contributed by atoms with van der Waals surface area (Å²) >= 11 is 0. The standard InChI is InChI=1S/C23H28N2O2.ClH/c1-18(22(26)25-15-12-23(13-16-25)11-14-24-17-23)27-21-9-7-20(8-10-21)19-5-3-2-4-6-19;/h2-10,18,24H,11-17H2,1H3;1H. The number of rotatable bonds is 4. The van der Waals surface area contributed by atoms with Crippen molar-refractivity contribution in [3.05, 3.63) is 54.6 Å². The molecule has 2 saturated heterocycles. The molecule has 2 aromatic rings. The van der Waals surface area contributed by atoms with Crippen LogP contribution in [0.5, 0.6) is 5.75 Å². The summed E-state index contributed by atoms with van der Waals surface area (Å²) in [5.74, 6) is 0.840. The molecule has 5 heteroatoms. The van der Waals surface area contributed by atoms with Gasteiger partial charge in [-0.05, 0) is 61.4 Å². The zero-order valence-corrected chi connectivity index (χ0v) is 17.2. The van der Waals surface area contributed by atoms with Crippen LogP contribution in [0.4, 0.5) is 0 Å². The quantitative estimate of drug-likeness (QED) is 0.838. The predicted molar refractivity (Wildman–Crippen MR) is 115 cm³/mol. The first kappa shape index (κ1) is 20.7. The van der Waals surface area contributed by atoms with Crippen LogP contribution in [0.3, 0.4) is 0 Å². The van der Waals surface area contributed by atoms with Gasteiger partial charge in [-0.25, -0.2) is 0 Å². The molecule has 0 bridgehead atoms. The number of nitrogens with one attached hydrogen (secondary N) is 1. The van der Waals surface area contributed by atoms with Gasteiger partial charge in [0.05, 0.1) is 0 Å². The van der Waals surface area contributed by atoms with Crippen LogP contribution in [0.15, 0.2) is 54.6 Å². The van der Waals surface area contributed by atoms with E-state index in [0.29, 0.717) is 5.41 Å². The van der Waals surface area contributed by atoms with E-state index < -0.39 is 6.10 Å². The fraction of sp³-hybridized carbons (Fsp3) is 0.435. The first-order valence-electron chi connectivity index (χ1n) is 9.97. The molecule has 2 fully saturated rings. The molecule has 2 aromatic carbocycles. The van der Waals surface area contributed by atoms with Crippen molar-refractivity contribution in [3.8, 4) is 16.9 Å². The molecule has 2 aliphatic rings. The maximum absolute atomic E-state index is 12.8. The largest absolute Gasteiger partial charge is 0.481 e. The van der Waals surface area contributed by atoms with Gasteiger partial charge < -0.3 is 15.0 Å². The van der Waals surface area contributed by atoms with Crippen LogP contribution in [0.2, 0.25) is 0 Å². The highest BCUT2D eigenvalue weighted by atomic mass is 35.5. The van der Waals surface area contributed by atoms with E-state index in [0.717, 1.165) is 50.3 Å².